The quantitative estimate of drug-likeness (QED) is 0.605. The second-order valence-electron chi connectivity index (χ2n) is 7.07. The first-order valence-corrected chi connectivity index (χ1v) is 10.4. The molecule has 0 radical (unpaired) electrons. The monoisotopic (exact) mass is 441 g/mol. The molecule has 2 aromatic heterocycles. The van der Waals surface area contributed by atoms with Crippen LogP contribution in [0.1, 0.15) is 0 Å². The molecule has 0 spiro atoms. The number of aromatic nitrogens is 3. The van der Waals surface area contributed by atoms with Crippen LogP contribution >= 0.6 is 0 Å². The SMILES string of the molecule is CN(C)S(=O)(=O)C1CN(c2cc3nn(-c4ccc(OC(F)(F)F)cc4)cc3cn2)C1. The van der Waals surface area contributed by atoms with E-state index < -0.39 is 21.6 Å². The number of rotatable bonds is 5. The Balaban J connectivity index is 1.51. The lowest BCUT2D eigenvalue weighted by Gasteiger charge is -2.40. The van der Waals surface area contributed by atoms with Crippen LogP contribution in [0.5, 0.6) is 5.75 Å². The molecule has 0 saturated carbocycles. The van der Waals surface area contributed by atoms with Gasteiger partial charge in [0.15, 0.2) is 0 Å². The molecule has 0 N–H and O–H groups in total. The van der Waals surface area contributed by atoms with Crippen molar-refractivity contribution in [1.29, 1.82) is 0 Å². The van der Waals surface area contributed by atoms with Crippen LogP contribution in [0.3, 0.4) is 0 Å². The molecule has 1 aliphatic heterocycles. The van der Waals surface area contributed by atoms with Crippen LogP contribution in [-0.2, 0) is 10.0 Å². The normalized spacial score (nSPS) is 15.6. The summed E-state index contributed by atoms with van der Waals surface area (Å²) in [6, 6.07) is 7.11. The lowest BCUT2D eigenvalue weighted by atomic mass is 10.2. The van der Waals surface area contributed by atoms with E-state index in [-0.39, 0.29) is 5.75 Å². The molecular formula is C18H18F3N5O3S. The van der Waals surface area contributed by atoms with Gasteiger partial charge in [-0.25, -0.2) is 22.4 Å². The van der Waals surface area contributed by atoms with Crippen molar-refractivity contribution >= 4 is 26.7 Å². The molecule has 1 saturated heterocycles. The van der Waals surface area contributed by atoms with Crippen molar-refractivity contribution in [3.8, 4) is 11.4 Å². The Morgan fingerprint density at radius 3 is 2.43 bits per heavy atom. The Labute approximate surface area is 170 Å². The smallest absolute Gasteiger partial charge is 0.406 e. The van der Waals surface area contributed by atoms with Gasteiger partial charge in [0, 0.05) is 51.0 Å². The molecule has 0 amide bonds. The Morgan fingerprint density at radius 2 is 1.83 bits per heavy atom. The Kier molecular flexibility index (Phi) is 4.85. The summed E-state index contributed by atoms with van der Waals surface area (Å²) in [7, 11) is -0.286. The van der Waals surface area contributed by atoms with Gasteiger partial charge in [-0.2, -0.15) is 5.10 Å². The number of pyridine rings is 1. The van der Waals surface area contributed by atoms with E-state index in [1.165, 1.54) is 47.3 Å². The predicted molar refractivity (Wildman–Crippen MR) is 104 cm³/mol. The number of hydrogen-bond donors (Lipinski definition) is 0. The zero-order valence-corrected chi connectivity index (χ0v) is 16.9. The molecule has 160 valence electrons. The van der Waals surface area contributed by atoms with Crippen molar-refractivity contribution in [3.05, 3.63) is 42.7 Å². The minimum absolute atomic E-state index is 0.313. The van der Waals surface area contributed by atoms with Gasteiger partial charge in [0.05, 0.1) is 11.2 Å². The summed E-state index contributed by atoms with van der Waals surface area (Å²) in [5.74, 6) is 0.304. The predicted octanol–water partition coefficient (Wildman–Crippen LogP) is 2.40. The molecule has 12 heteroatoms. The van der Waals surface area contributed by atoms with Crippen molar-refractivity contribution in [2.45, 2.75) is 11.6 Å². The van der Waals surface area contributed by atoms with Crippen molar-refractivity contribution in [2.24, 2.45) is 0 Å². The van der Waals surface area contributed by atoms with Gasteiger partial charge in [-0.1, -0.05) is 0 Å². The summed E-state index contributed by atoms with van der Waals surface area (Å²) in [6.45, 7) is 0.695. The van der Waals surface area contributed by atoms with Gasteiger partial charge in [-0.05, 0) is 24.3 Å². The summed E-state index contributed by atoms with van der Waals surface area (Å²) >= 11 is 0. The van der Waals surface area contributed by atoms with E-state index in [2.05, 4.69) is 14.8 Å². The largest absolute Gasteiger partial charge is 0.573 e. The average molecular weight is 441 g/mol. The Bertz CT molecular complexity index is 1170. The Hall–Kier alpha value is -2.86. The average Bonchev–Trinajstić information content (AvgIpc) is 3.02. The molecule has 1 aliphatic rings. The number of anilines is 1. The van der Waals surface area contributed by atoms with Crippen LogP contribution in [-0.4, -0.2) is 66.3 Å². The van der Waals surface area contributed by atoms with Gasteiger partial charge >= 0.3 is 6.36 Å². The molecule has 0 aliphatic carbocycles. The fraction of sp³-hybridized carbons (Fsp3) is 0.333. The van der Waals surface area contributed by atoms with Crippen molar-refractivity contribution in [1.82, 2.24) is 19.1 Å². The summed E-state index contributed by atoms with van der Waals surface area (Å²) in [4.78, 5) is 6.23. The first-order chi connectivity index (χ1) is 14.0. The number of hydrogen-bond acceptors (Lipinski definition) is 6. The molecule has 8 nitrogen and oxygen atoms in total. The first kappa shape index (κ1) is 20.4. The lowest BCUT2D eigenvalue weighted by molar-refractivity contribution is -0.274. The van der Waals surface area contributed by atoms with Crippen LogP contribution in [0.25, 0.3) is 16.6 Å². The summed E-state index contributed by atoms with van der Waals surface area (Å²) < 4.78 is 67.8. The van der Waals surface area contributed by atoms with E-state index in [1.807, 2.05) is 4.90 Å². The summed E-state index contributed by atoms with van der Waals surface area (Å²) in [5, 5.41) is 4.72. The number of alkyl halides is 3. The van der Waals surface area contributed by atoms with E-state index >= 15 is 0 Å². The summed E-state index contributed by atoms with van der Waals surface area (Å²) in [5.41, 5.74) is 1.19. The third-order valence-corrected chi connectivity index (χ3v) is 6.97. The van der Waals surface area contributed by atoms with Crippen LogP contribution in [0, 0.1) is 0 Å². The topological polar surface area (TPSA) is 80.6 Å². The van der Waals surface area contributed by atoms with Gasteiger partial charge in [0.1, 0.15) is 16.8 Å². The highest BCUT2D eigenvalue weighted by molar-refractivity contribution is 7.89. The number of ether oxygens (including phenoxy) is 1. The number of fused-ring (bicyclic) bond motifs is 1. The van der Waals surface area contributed by atoms with Crippen molar-refractivity contribution < 1.29 is 26.3 Å². The molecule has 4 rings (SSSR count). The molecule has 1 aromatic carbocycles. The highest BCUT2D eigenvalue weighted by atomic mass is 32.2. The maximum atomic E-state index is 12.3. The van der Waals surface area contributed by atoms with Crippen LogP contribution in [0.4, 0.5) is 19.0 Å². The van der Waals surface area contributed by atoms with Crippen molar-refractivity contribution in [2.75, 3.05) is 32.1 Å². The molecule has 1 fully saturated rings. The van der Waals surface area contributed by atoms with E-state index in [0.29, 0.717) is 30.1 Å². The third kappa shape index (κ3) is 3.92. The second-order valence-corrected chi connectivity index (χ2v) is 9.50. The zero-order valence-electron chi connectivity index (χ0n) is 16.0. The molecule has 0 atom stereocenters. The van der Waals surface area contributed by atoms with E-state index in [9.17, 15) is 21.6 Å². The van der Waals surface area contributed by atoms with Gasteiger partial charge in [-0.3, -0.25) is 0 Å². The highest BCUT2D eigenvalue weighted by Gasteiger charge is 2.39. The van der Waals surface area contributed by atoms with Gasteiger partial charge in [-0.15, -0.1) is 13.2 Å². The molecule has 30 heavy (non-hydrogen) atoms. The number of benzene rings is 1. The highest BCUT2D eigenvalue weighted by Crippen LogP contribution is 2.27. The van der Waals surface area contributed by atoms with Crippen LogP contribution in [0.2, 0.25) is 0 Å². The molecule has 0 unspecified atom stereocenters. The van der Waals surface area contributed by atoms with E-state index in [0.717, 1.165) is 5.39 Å². The number of halogens is 3. The zero-order chi connectivity index (χ0) is 21.7. The summed E-state index contributed by atoms with van der Waals surface area (Å²) in [6.07, 6.45) is -1.41. The fourth-order valence-corrected chi connectivity index (χ4v) is 4.46. The molecular weight excluding hydrogens is 423 g/mol. The molecule has 0 bridgehead atoms. The lowest BCUT2D eigenvalue weighted by Crippen LogP contribution is -2.57. The maximum Gasteiger partial charge on any atom is 0.573 e. The van der Waals surface area contributed by atoms with Gasteiger partial charge in [0.25, 0.3) is 0 Å². The fourth-order valence-electron chi connectivity index (χ4n) is 3.12. The van der Waals surface area contributed by atoms with E-state index in [4.69, 9.17) is 0 Å². The maximum absolute atomic E-state index is 12.3. The van der Waals surface area contributed by atoms with Crippen LogP contribution < -0.4 is 9.64 Å². The third-order valence-electron chi connectivity index (χ3n) is 4.81. The molecule has 3 aromatic rings. The van der Waals surface area contributed by atoms with Crippen molar-refractivity contribution in [3.63, 3.8) is 0 Å². The standard InChI is InChI=1S/C18H18F3N5O3S/c1-24(2)30(27,28)15-10-25(11-15)17-7-16-12(8-22-17)9-26(23-16)13-3-5-14(6-4-13)29-18(19,20)21/h3-9,15H,10-11H2,1-2H3. The van der Waals surface area contributed by atoms with Gasteiger partial charge < -0.3 is 9.64 Å². The van der Waals surface area contributed by atoms with Crippen LogP contribution in [0.15, 0.2) is 42.7 Å². The first-order valence-electron chi connectivity index (χ1n) is 8.91. The minimum Gasteiger partial charge on any atom is -0.406 e. The number of nitrogens with zero attached hydrogens (tertiary/aromatic N) is 5. The minimum atomic E-state index is -4.74. The van der Waals surface area contributed by atoms with E-state index in [1.54, 1.807) is 18.5 Å². The second kappa shape index (κ2) is 7.13. The van der Waals surface area contributed by atoms with Gasteiger partial charge in [0.2, 0.25) is 10.0 Å². The Morgan fingerprint density at radius 1 is 1.17 bits per heavy atom. The molecule has 3 heterocycles. The number of sulfonamides is 1.